The summed E-state index contributed by atoms with van der Waals surface area (Å²) in [5.41, 5.74) is 3.02. The van der Waals surface area contributed by atoms with Crippen LogP contribution in [-0.4, -0.2) is 9.97 Å². The number of hydrogen-bond donors (Lipinski definition) is 1. The van der Waals surface area contributed by atoms with E-state index in [1.54, 1.807) is 18.6 Å². The Bertz CT molecular complexity index is 697. The van der Waals surface area contributed by atoms with E-state index in [0.29, 0.717) is 0 Å². The molecule has 18 heavy (non-hydrogen) atoms. The van der Waals surface area contributed by atoms with Crippen LogP contribution < -0.4 is 5.32 Å². The normalized spacial score (nSPS) is 10.5. The third kappa shape index (κ3) is 2.19. The van der Waals surface area contributed by atoms with E-state index < -0.39 is 0 Å². The zero-order chi connectivity index (χ0) is 12.4. The average molecular weight is 300 g/mol. The van der Waals surface area contributed by atoms with E-state index in [1.165, 1.54) is 0 Å². The Morgan fingerprint density at radius 2 is 2.00 bits per heavy atom. The minimum Gasteiger partial charge on any atom is -0.354 e. The first-order valence-corrected chi connectivity index (χ1v) is 6.33. The van der Waals surface area contributed by atoms with Crippen LogP contribution in [0, 0.1) is 0 Å². The Hall–Kier alpha value is -1.94. The molecule has 3 aromatic rings. The number of pyridine rings is 2. The molecule has 0 aliphatic carbocycles. The number of aromatic nitrogens is 2. The summed E-state index contributed by atoms with van der Waals surface area (Å²) >= 11 is 3.47. The van der Waals surface area contributed by atoms with Crippen molar-refractivity contribution in [2.75, 3.05) is 5.32 Å². The maximum absolute atomic E-state index is 4.30. The quantitative estimate of drug-likeness (QED) is 0.773. The minimum absolute atomic E-state index is 0.941. The lowest BCUT2D eigenvalue weighted by Gasteiger charge is -2.08. The van der Waals surface area contributed by atoms with Gasteiger partial charge in [0, 0.05) is 29.7 Å². The molecule has 2 heterocycles. The van der Waals surface area contributed by atoms with E-state index >= 15 is 0 Å². The van der Waals surface area contributed by atoms with Crippen molar-refractivity contribution in [1.29, 1.82) is 0 Å². The molecule has 3 nitrogen and oxygen atoms in total. The number of halogens is 1. The van der Waals surface area contributed by atoms with Gasteiger partial charge in [-0.2, -0.15) is 0 Å². The van der Waals surface area contributed by atoms with Crippen molar-refractivity contribution in [1.82, 2.24) is 9.97 Å². The third-order valence-corrected chi connectivity index (χ3v) is 3.29. The summed E-state index contributed by atoms with van der Waals surface area (Å²) < 4.78 is 0.941. The molecule has 4 heteroatoms. The predicted molar refractivity (Wildman–Crippen MR) is 77.0 cm³/mol. The number of anilines is 2. The molecule has 3 rings (SSSR count). The molecule has 0 bridgehead atoms. The number of benzene rings is 1. The van der Waals surface area contributed by atoms with Crippen LogP contribution in [0.3, 0.4) is 0 Å². The van der Waals surface area contributed by atoms with Gasteiger partial charge < -0.3 is 5.32 Å². The summed E-state index contributed by atoms with van der Waals surface area (Å²) in [5.74, 6) is 0. The highest BCUT2D eigenvalue weighted by Gasteiger charge is 2.01. The Labute approximate surface area is 113 Å². The molecule has 0 fully saturated rings. The Balaban J connectivity index is 1.98. The van der Waals surface area contributed by atoms with Crippen molar-refractivity contribution >= 4 is 38.2 Å². The van der Waals surface area contributed by atoms with Gasteiger partial charge in [0.05, 0.1) is 15.7 Å². The van der Waals surface area contributed by atoms with Gasteiger partial charge in [-0.3, -0.25) is 9.97 Å². The lowest BCUT2D eigenvalue weighted by Crippen LogP contribution is -1.92. The number of nitrogens with one attached hydrogen (secondary N) is 1. The van der Waals surface area contributed by atoms with Gasteiger partial charge in [-0.15, -0.1) is 0 Å². The van der Waals surface area contributed by atoms with Crippen LogP contribution in [-0.2, 0) is 0 Å². The van der Waals surface area contributed by atoms with Crippen LogP contribution in [0.2, 0.25) is 0 Å². The Morgan fingerprint density at radius 3 is 2.89 bits per heavy atom. The maximum Gasteiger partial charge on any atom is 0.0703 e. The van der Waals surface area contributed by atoms with E-state index in [0.717, 1.165) is 26.8 Å². The van der Waals surface area contributed by atoms with Gasteiger partial charge in [0.15, 0.2) is 0 Å². The smallest absolute Gasteiger partial charge is 0.0703 e. The molecule has 88 valence electrons. The summed E-state index contributed by atoms with van der Waals surface area (Å²) in [6, 6.07) is 12.0. The van der Waals surface area contributed by atoms with E-state index in [1.807, 2.05) is 24.3 Å². The van der Waals surface area contributed by atoms with Crippen LogP contribution in [0.5, 0.6) is 0 Å². The fraction of sp³-hybridized carbons (Fsp3) is 0. The maximum atomic E-state index is 4.30. The van der Waals surface area contributed by atoms with Gasteiger partial charge >= 0.3 is 0 Å². The summed E-state index contributed by atoms with van der Waals surface area (Å²) in [6.45, 7) is 0. The van der Waals surface area contributed by atoms with Crippen molar-refractivity contribution in [3.63, 3.8) is 0 Å². The number of hydrogen-bond acceptors (Lipinski definition) is 3. The fourth-order valence-corrected chi connectivity index (χ4v) is 2.13. The van der Waals surface area contributed by atoms with Crippen LogP contribution in [0.4, 0.5) is 11.4 Å². The van der Waals surface area contributed by atoms with Crippen LogP contribution >= 0.6 is 15.9 Å². The molecule has 1 aromatic carbocycles. The summed E-state index contributed by atoms with van der Waals surface area (Å²) in [7, 11) is 0. The highest BCUT2D eigenvalue weighted by molar-refractivity contribution is 9.10. The molecule has 0 aliphatic heterocycles. The molecule has 0 aliphatic rings. The van der Waals surface area contributed by atoms with E-state index in [9.17, 15) is 0 Å². The van der Waals surface area contributed by atoms with E-state index in [-0.39, 0.29) is 0 Å². The zero-order valence-electron chi connectivity index (χ0n) is 9.47. The minimum atomic E-state index is 0.941. The molecule has 0 atom stereocenters. The van der Waals surface area contributed by atoms with Crippen molar-refractivity contribution in [2.45, 2.75) is 0 Å². The van der Waals surface area contributed by atoms with Crippen molar-refractivity contribution in [3.05, 3.63) is 59.5 Å². The molecule has 0 unspecified atom stereocenters. The first kappa shape index (κ1) is 11.2. The Kier molecular flexibility index (Phi) is 2.94. The van der Waals surface area contributed by atoms with Crippen molar-refractivity contribution < 1.29 is 0 Å². The van der Waals surface area contributed by atoms with E-state index in [4.69, 9.17) is 0 Å². The molecule has 0 spiro atoms. The van der Waals surface area contributed by atoms with Crippen molar-refractivity contribution in [3.8, 4) is 0 Å². The van der Waals surface area contributed by atoms with E-state index in [2.05, 4.69) is 43.3 Å². The number of rotatable bonds is 2. The molecule has 0 saturated heterocycles. The molecule has 1 N–H and O–H groups in total. The highest BCUT2D eigenvalue weighted by atomic mass is 79.9. The first-order valence-electron chi connectivity index (χ1n) is 5.54. The van der Waals surface area contributed by atoms with Gasteiger partial charge in [-0.1, -0.05) is 6.07 Å². The van der Waals surface area contributed by atoms with Crippen LogP contribution in [0.1, 0.15) is 0 Å². The Morgan fingerprint density at radius 1 is 1.06 bits per heavy atom. The monoisotopic (exact) mass is 299 g/mol. The molecule has 0 radical (unpaired) electrons. The molecular formula is C14H10BrN3. The number of fused-ring (bicyclic) bond motifs is 1. The topological polar surface area (TPSA) is 37.8 Å². The number of nitrogens with zero attached hydrogens (tertiary/aromatic N) is 2. The highest BCUT2D eigenvalue weighted by Crippen LogP contribution is 2.26. The van der Waals surface area contributed by atoms with Crippen LogP contribution in [0.25, 0.3) is 10.9 Å². The summed E-state index contributed by atoms with van der Waals surface area (Å²) in [4.78, 5) is 8.34. The largest absolute Gasteiger partial charge is 0.354 e. The van der Waals surface area contributed by atoms with Crippen LogP contribution in [0.15, 0.2) is 59.5 Å². The fourth-order valence-electron chi connectivity index (χ4n) is 1.79. The SMILES string of the molecule is Brc1cnccc1Nc1ccc2ncccc2c1. The van der Waals surface area contributed by atoms with Gasteiger partial charge in [-0.05, 0) is 46.3 Å². The first-order chi connectivity index (χ1) is 8.83. The van der Waals surface area contributed by atoms with Gasteiger partial charge in [0.25, 0.3) is 0 Å². The molecule has 2 aromatic heterocycles. The molecular weight excluding hydrogens is 290 g/mol. The average Bonchev–Trinajstić information content (AvgIpc) is 2.41. The second kappa shape index (κ2) is 4.74. The lowest BCUT2D eigenvalue weighted by atomic mass is 10.2. The second-order valence-corrected chi connectivity index (χ2v) is 4.75. The van der Waals surface area contributed by atoms with Gasteiger partial charge in [0.2, 0.25) is 0 Å². The summed E-state index contributed by atoms with van der Waals surface area (Å²) in [6.07, 6.45) is 5.33. The zero-order valence-corrected chi connectivity index (χ0v) is 11.1. The third-order valence-electron chi connectivity index (χ3n) is 2.65. The molecule has 0 saturated carbocycles. The lowest BCUT2D eigenvalue weighted by molar-refractivity contribution is 1.30. The molecule has 0 amide bonds. The second-order valence-electron chi connectivity index (χ2n) is 3.89. The van der Waals surface area contributed by atoms with Gasteiger partial charge in [-0.25, -0.2) is 0 Å². The summed E-state index contributed by atoms with van der Waals surface area (Å²) in [5, 5.41) is 4.47. The van der Waals surface area contributed by atoms with Gasteiger partial charge in [0.1, 0.15) is 0 Å². The standard InChI is InChI=1S/C14H10BrN3/c15-12-9-16-7-5-14(12)18-11-3-4-13-10(8-11)2-1-6-17-13/h1-9H,(H,16,18). The van der Waals surface area contributed by atoms with Crippen molar-refractivity contribution in [2.24, 2.45) is 0 Å². The predicted octanol–water partition coefficient (Wildman–Crippen LogP) is 4.14.